The molecule has 3 heteroatoms. The van der Waals surface area contributed by atoms with Gasteiger partial charge in [-0.1, -0.05) is 6.92 Å². The van der Waals surface area contributed by atoms with Crippen molar-refractivity contribution in [2.24, 2.45) is 0 Å². The fourth-order valence-electron chi connectivity index (χ4n) is 2.88. The van der Waals surface area contributed by atoms with Gasteiger partial charge in [0.15, 0.2) is 0 Å². The summed E-state index contributed by atoms with van der Waals surface area (Å²) in [6.07, 6.45) is 4.52. The Morgan fingerprint density at radius 3 is 2.95 bits per heavy atom. The Morgan fingerprint density at radius 1 is 1.53 bits per heavy atom. The number of hydrogen-bond acceptors (Lipinski definition) is 3. The zero-order valence-electron chi connectivity index (χ0n) is 12.7. The van der Waals surface area contributed by atoms with E-state index in [1.54, 1.807) is 0 Å². The van der Waals surface area contributed by atoms with E-state index < -0.39 is 0 Å². The van der Waals surface area contributed by atoms with Crippen LogP contribution >= 0.6 is 11.3 Å². The third kappa shape index (κ3) is 4.30. The lowest BCUT2D eigenvalue weighted by Gasteiger charge is -2.39. The summed E-state index contributed by atoms with van der Waals surface area (Å²) in [7, 11) is 0. The van der Waals surface area contributed by atoms with Crippen LogP contribution in [0.4, 0.5) is 0 Å². The van der Waals surface area contributed by atoms with Gasteiger partial charge < -0.3 is 10.1 Å². The van der Waals surface area contributed by atoms with Crippen LogP contribution in [0.5, 0.6) is 0 Å². The number of rotatable bonds is 5. The lowest BCUT2D eigenvalue weighted by Crippen LogP contribution is -2.48. The first-order valence-corrected chi connectivity index (χ1v) is 8.28. The molecule has 0 aliphatic carbocycles. The summed E-state index contributed by atoms with van der Waals surface area (Å²) in [5.41, 5.74) is 0.0785. The molecule has 3 unspecified atom stereocenters. The topological polar surface area (TPSA) is 21.3 Å². The van der Waals surface area contributed by atoms with E-state index in [0.29, 0.717) is 12.1 Å². The van der Waals surface area contributed by atoms with Crippen LogP contribution in [0.15, 0.2) is 12.1 Å². The minimum Gasteiger partial charge on any atom is -0.375 e. The highest BCUT2D eigenvalue weighted by Gasteiger charge is 2.31. The highest BCUT2D eigenvalue weighted by Crippen LogP contribution is 2.28. The van der Waals surface area contributed by atoms with Crippen LogP contribution in [0, 0.1) is 6.92 Å². The van der Waals surface area contributed by atoms with Crippen molar-refractivity contribution in [2.45, 2.75) is 71.1 Å². The SMILES string of the molecule is CCC1(C)CC(NC(C)Cc2ccc(C)s2)CCO1. The number of nitrogens with one attached hydrogen (secondary N) is 1. The van der Waals surface area contributed by atoms with Gasteiger partial charge in [-0.15, -0.1) is 11.3 Å². The van der Waals surface area contributed by atoms with Gasteiger partial charge in [0.1, 0.15) is 0 Å². The summed E-state index contributed by atoms with van der Waals surface area (Å²) in [4.78, 5) is 2.90. The van der Waals surface area contributed by atoms with E-state index in [1.807, 2.05) is 11.3 Å². The van der Waals surface area contributed by atoms with Crippen LogP contribution in [-0.4, -0.2) is 24.3 Å². The molecule has 2 nitrogen and oxygen atoms in total. The zero-order valence-corrected chi connectivity index (χ0v) is 13.5. The van der Waals surface area contributed by atoms with E-state index in [-0.39, 0.29) is 5.60 Å². The van der Waals surface area contributed by atoms with Crippen LogP contribution in [-0.2, 0) is 11.2 Å². The Bertz CT molecular complexity index is 403. The van der Waals surface area contributed by atoms with Gasteiger partial charge in [0.2, 0.25) is 0 Å². The number of ether oxygens (including phenoxy) is 1. The van der Waals surface area contributed by atoms with Crippen molar-refractivity contribution in [1.29, 1.82) is 0 Å². The van der Waals surface area contributed by atoms with Crippen LogP contribution in [0.1, 0.15) is 49.8 Å². The predicted octanol–water partition coefficient (Wildman–Crippen LogP) is 3.92. The fourth-order valence-corrected chi connectivity index (χ4v) is 3.90. The first-order valence-electron chi connectivity index (χ1n) is 7.46. The third-order valence-corrected chi connectivity index (χ3v) is 5.19. The van der Waals surface area contributed by atoms with Gasteiger partial charge in [0, 0.05) is 28.4 Å². The second-order valence-electron chi connectivity index (χ2n) is 6.13. The summed E-state index contributed by atoms with van der Waals surface area (Å²) in [6.45, 7) is 9.84. The highest BCUT2D eigenvalue weighted by atomic mass is 32.1. The molecular formula is C16H27NOS. The predicted molar refractivity (Wildman–Crippen MR) is 83.0 cm³/mol. The van der Waals surface area contributed by atoms with Gasteiger partial charge >= 0.3 is 0 Å². The van der Waals surface area contributed by atoms with Crippen molar-refractivity contribution in [3.63, 3.8) is 0 Å². The normalized spacial score (nSPS) is 29.4. The van der Waals surface area contributed by atoms with Crippen LogP contribution in [0.3, 0.4) is 0 Å². The third-order valence-electron chi connectivity index (χ3n) is 4.17. The fraction of sp³-hybridized carbons (Fsp3) is 0.750. The van der Waals surface area contributed by atoms with Crippen molar-refractivity contribution < 1.29 is 4.74 Å². The first kappa shape index (κ1) is 15.0. The highest BCUT2D eigenvalue weighted by molar-refractivity contribution is 7.11. The molecule has 1 aromatic rings. The minimum atomic E-state index is 0.0785. The van der Waals surface area contributed by atoms with Gasteiger partial charge in [-0.3, -0.25) is 0 Å². The molecule has 2 heterocycles. The molecule has 0 amide bonds. The van der Waals surface area contributed by atoms with E-state index in [1.165, 1.54) is 9.75 Å². The van der Waals surface area contributed by atoms with E-state index in [4.69, 9.17) is 4.74 Å². The van der Waals surface area contributed by atoms with Crippen molar-refractivity contribution in [3.05, 3.63) is 21.9 Å². The average molecular weight is 281 g/mol. The van der Waals surface area contributed by atoms with E-state index in [2.05, 4.69) is 45.1 Å². The molecule has 19 heavy (non-hydrogen) atoms. The Kier molecular flexibility index (Phi) is 5.04. The van der Waals surface area contributed by atoms with Gasteiger partial charge in [0.25, 0.3) is 0 Å². The second-order valence-corrected chi connectivity index (χ2v) is 7.50. The molecule has 1 aliphatic heterocycles. The average Bonchev–Trinajstić information content (AvgIpc) is 2.74. The summed E-state index contributed by atoms with van der Waals surface area (Å²) < 4.78 is 5.91. The second kappa shape index (κ2) is 6.38. The molecule has 0 radical (unpaired) electrons. The maximum Gasteiger partial charge on any atom is 0.0666 e. The smallest absolute Gasteiger partial charge is 0.0666 e. The van der Waals surface area contributed by atoms with Gasteiger partial charge in [-0.25, -0.2) is 0 Å². The number of thiophene rings is 1. The first-order chi connectivity index (χ1) is 9.00. The van der Waals surface area contributed by atoms with Gasteiger partial charge in [-0.05, 0) is 58.6 Å². The van der Waals surface area contributed by atoms with Gasteiger partial charge in [-0.2, -0.15) is 0 Å². The summed E-state index contributed by atoms with van der Waals surface area (Å²) in [5, 5.41) is 3.79. The van der Waals surface area contributed by atoms with Crippen molar-refractivity contribution in [1.82, 2.24) is 5.32 Å². The molecule has 1 aliphatic rings. The molecule has 0 spiro atoms. The maximum atomic E-state index is 5.91. The molecule has 2 rings (SSSR count). The minimum absolute atomic E-state index is 0.0785. The van der Waals surface area contributed by atoms with Gasteiger partial charge in [0.05, 0.1) is 5.60 Å². The number of hydrogen-bond donors (Lipinski definition) is 1. The molecule has 1 N–H and O–H groups in total. The van der Waals surface area contributed by atoms with E-state index in [9.17, 15) is 0 Å². The molecule has 1 fully saturated rings. The zero-order chi connectivity index (χ0) is 13.9. The standard InChI is InChI=1S/C16H27NOS/c1-5-16(4)11-14(8-9-18-16)17-12(2)10-15-7-6-13(3)19-15/h6-7,12,14,17H,5,8-11H2,1-4H3. The van der Waals surface area contributed by atoms with E-state index >= 15 is 0 Å². The number of aryl methyl sites for hydroxylation is 1. The molecule has 1 saturated heterocycles. The van der Waals surface area contributed by atoms with Crippen LogP contribution in [0.25, 0.3) is 0 Å². The Balaban J connectivity index is 1.83. The molecular weight excluding hydrogens is 254 g/mol. The van der Waals surface area contributed by atoms with E-state index in [0.717, 1.165) is 32.3 Å². The van der Waals surface area contributed by atoms with Crippen LogP contribution in [0.2, 0.25) is 0 Å². The largest absolute Gasteiger partial charge is 0.375 e. The van der Waals surface area contributed by atoms with Crippen LogP contribution < -0.4 is 5.32 Å². The van der Waals surface area contributed by atoms with Crippen molar-refractivity contribution in [3.8, 4) is 0 Å². The Hall–Kier alpha value is -0.380. The molecule has 3 atom stereocenters. The molecule has 108 valence electrons. The lowest BCUT2D eigenvalue weighted by atomic mass is 9.89. The monoisotopic (exact) mass is 281 g/mol. The molecule has 0 aromatic carbocycles. The summed E-state index contributed by atoms with van der Waals surface area (Å²) in [5.74, 6) is 0. The molecule has 0 saturated carbocycles. The maximum absolute atomic E-state index is 5.91. The lowest BCUT2D eigenvalue weighted by molar-refractivity contribution is -0.0788. The Morgan fingerprint density at radius 2 is 2.32 bits per heavy atom. The molecule has 0 bridgehead atoms. The summed E-state index contributed by atoms with van der Waals surface area (Å²) >= 11 is 1.92. The van der Waals surface area contributed by atoms with Crippen molar-refractivity contribution >= 4 is 11.3 Å². The Labute approximate surface area is 121 Å². The van der Waals surface area contributed by atoms with Crippen molar-refractivity contribution in [2.75, 3.05) is 6.61 Å². The summed E-state index contributed by atoms with van der Waals surface area (Å²) in [6, 6.07) is 5.63. The molecule has 1 aromatic heterocycles. The quantitative estimate of drug-likeness (QED) is 0.883.